The smallest absolute Gasteiger partial charge is 0.358 e. The molecule has 1 heterocycles. The molecule has 1 aromatic rings. The lowest BCUT2D eigenvalue weighted by Gasteiger charge is -2.07. The van der Waals surface area contributed by atoms with Gasteiger partial charge in [0.05, 0.1) is 22.8 Å². The molecule has 0 saturated carbocycles. The van der Waals surface area contributed by atoms with Crippen LogP contribution in [-0.2, 0) is 4.74 Å². The Morgan fingerprint density at radius 3 is 2.82 bits per heavy atom. The van der Waals surface area contributed by atoms with Gasteiger partial charge in [0.25, 0.3) is 6.43 Å². The molecule has 90 valence electrons. The van der Waals surface area contributed by atoms with Crippen LogP contribution >= 0.6 is 11.6 Å². The first kappa shape index (κ1) is 13.3. The quantitative estimate of drug-likeness (QED) is 0.784. The van der Waals surface area contributed by atoms with Crippen molar-refractivity contribution >= 4 is 17.6 Å². The van der Waals surface area contributed by atoms with Crippen LogP contribution < -0.4 is 0 Å². The van der Waals surface area contributed by atoms with E-state index in [1.807, 2.05) is 0 Å². The first-order valence-electron chi connectivity index (χ1n) is 4.56. The van der Waals surface area contributed by atoms with Crippen LogP contribution in [0.15, 0.2) is 6.20 Å². The minimum Gasteiger partial charge on any atom is -0.461 e. The molecule has 4 nitrogen and oxygen atoms in total. The molecule has 7 heteroatoms. The monoisotopic (exact) mass is 260 g/mol. The number of carbonyl (C=O) groups is 1. The van der Waals surface area contributed by atoms with Crippen molar-refractivity contribution in [2.24, 2.45) is 0 Å². The predicted molar refractivity (Wildman–Crippen MR) is 54.9 cm³/mol. The highest BCUT2D eigenvalue weighted by atomic mass is 35.5. The van der Waals surface area contributed by atoms with Crippen LogP contribution in [0.1, 0.15) is 35.0 Å². The number of ether oxygens (including phenoxy) is 1. The lowest BCUT2D eigenvalue weighted by molar-refractivity contribution is 0.0519. The van der Waals surface area contributed by atoms with Gasteiger partial charge < -0.3 is 4.74 Å². The Balaban J connectivity index is 3.31. The van der Waals surface area contributed by atoms with E-state index in [0.29, 0.717) is 0 Å². The number of nitrogens with zero attached hydrogens (tertiary/aromatic N) is 2. The third-order valence-corrected chi connectivity index (χ3v) is 2.23. The summed E-state index contributed by atoms with van der Waals surface area (Å²) in [5.41, 5.74) is -1.40. The number of hydrogen-bond acceptors (Lipinski definition) is 4. The van der Waals surface area contributed by atoms with Crippen LogP contribution in [0.25, 0.3) is 0 Å². The third-order valence-electron chi connectivity index (χ3n) is 1.86. The summed E-state index contributed by atoms with van der Waals surface area (Å²) in [6.07, 6.45) is -2.13. The molecule has 0 bridgehead atoms. The normalized spacial score (nSPS) is 10.1. The average Bonchev–Trinajstić information content (AvgIpc) is 2.28. The van der Waals surface area contributed by atoms with E-state index in [1.165, 1.54) is 6.07 Å². The molecule has 1 aromatic heterocycles. The summed E-state index contributed by atoms with van der Waals surface area (Å²) in [6, 6.07) is 1.52. The summed E-state index contributed by atoms with van der Waals surface area (Å²) in [7, 11) is 0. The van der Waals surface area contributed by atoms with Crippen molar-refractivity contribution in [2.45, 2.75) is 13.3 Å². The summed E-state index contributed by atoms with van der Waals surface area (Å²) in [4.78, 5) is 14.8. The highest BCUT2D eigenvalue weighted by molar-refractivity contribution is 6.34. The van der Waals surface area contributed by atoms with Gasteiger partial charge in [-0.1, -0.05) is 11.6 Å². The van der Waals surface area contributed by atoms with Gasteiger partial charge in [-0.25, -0.2) is 18.6 Å². The minimum absolute atomic E-state index is 0.0926. The maximum atomic E-state index is 12.5. The molecule has 0 fully saturated rings. The largest absolute Gasteiger partial charge is 0.461 e. The number of alkyl halides is 2. The lowest BCUT2D eigenvalue weighted by Crippen LogP contribution is -2.10. The molecule has 0 aromatic carbocycles. The number of halogens is 3. The highest BCUT2D eigenvalue weighted by Crippen LogP contribution is 2.29. The third kappa shape index (κ3) is 2.68. The molecular weight excluding hydrogens is 254 g/mol. The van der Waals surface area contributed by atoms with Crippen LogP contribution in [0.2, 0.25) is 5.02 Å². The topological polar surface area (TPSA) is 63.0 Å². The average molecular weight is 261 g/mol. The van der Waals surface area contributed by atoms with Crippen molar-refractivity contribution in [3.05, 3.63) is 28.0 Å². The summed E-state index contributed by atoms with van der Waals surface area (Å²) in [6.45, 7) is 1.67. The molecule has 0 saturated heterocycles. The summed E-state index contributed by atoms with van der Waals surface area (Å²) in [5, 5.41) is 8.32. The van der Waals surface area contributed by atoms with Gasteiger partial charge in [-0.2, -0.15) is 5.26 Å². The van der Waals surface area contributed by atoms with Crippen LogP contribution in [-0.4, -0.2) is 17.6 Å². The van der Waals surface area contributed by atoms with Crippen molar-refractivity contribution in [3.8, 4) is 6.07 Å². The Hall–Kier alpha value is -1.74. The lowest BCUT2D eigenvalue weighted by atomic mass is 10.1. The zero-order chi connectivity index (χ0) is 13.0. The zero-order valence-corrected chi connectivity index (χ0v) is 9.46. The van der Waals surface area contributed by atoms with Gasteiger partial charge >= 0.3 is 5.97 Å². The predicted octanol–water partition coefficient (Wildman–Crippen LogP) is 2.72. The Morgan fingerprint density at radius 2 is 2.35 bits per heavy atom. The van der Waals surface area contributed by atoms with Gasteiger partial charge in [0.1, 0.15) is 6.07 Å². The van der Waals surface area contributed by atoms with E-state index in [0.717, 1.165) is 6.20 Å². The van der Waals surface area contributed by atoms with E-state index in [9.17, 15) is 13.6 Å². The first-order valence-corrected chi connectivity index (χ1v) is 4.94. The maximum Gasteiger partial charge on any atom is 0.358 e. The van der Waals surface area contributed by atoms with E-state index in [2.05, 4.69) is 9.72 Å². The van der Waals surface area contributed by atoms with Crippen LogP contribution in [0.3, 0.4) is 0 Å². The van der Waals surface area contributed by atoms with Crippen molar-refractivity contribution in [2.75, 3.05) is 6.61 Å². The van der Waals surface area contributed by atoms with Crippen molar-refractivity contribution < 1.29 is 18.3 Å². The fourth-order valence-electron chi connectivity index (χ4n) is 1.12. The maximum absolute atomic E-state index is 12.5. The summed E-state index contributed by atoms with van der Waals surface area (Å²) < 4.78 is 29.6. The molecule has 0 amide bonds. The molecular formula is C10H7ClF2N2O2. The number of aromatic nitrogens is 1. The second-order valence-corrected chi connectivity index (χ2v) is 3.26. The molecule has 0 aliphatic rings. The van der Waals surface area contributed by atoms with Gasteiger partial charge in [0.2, 0.25) is 0 Å². The van der Waals surface area contributed by atoms with Crippen LogP contribution in [0, 0.1) is 11.3 Å². The molecule has 1 rings (SSSR count). The molecule has 0 spiro atoms. The Labute approximate surface area is 101 Å². The summed E-state index contributed by atoms with van der Waals surface area (Å²) in [5.74, 6) is -0.852. The zero-order valence-electron chi connectivity index (χ0n) is 8.71. The molecule has 0 unspecified atom stereocenters. The van der Waals surface area contributed by atoms with Crippen LogP contribution in [0.5, 0.6) is 0 Å². The van der Waals surface area contributed by atoms with Gasteiger partial charge in [-0.05, 0) is 6.92 Å². The molecule has 0 aliphatic heterocycles. The number of rotatable bonds is 3. The van der Waals surface area contributed by atoms with E-state index < -0.39 is 28.5 Å². The number of pyridine rings is 1. The first-order chi connectivity index (χ1) is 8.02. The fraction of sp³-hybridized carbons (Fsp3) is 0.300. The van der Waals surface area contributed by atoms with Gasteiger partial charge in [0.15, 0.2) is 5.69 Å². The second-order valence-electron chi connectivity index (χ2n) is 2.88. The highest BCUT2D eigenvalue weighted by Gasteiger charge is 2.23. The van der Waals surface area contributed by atoms with E-state index in [-0.39, 0.29) is 12.3 Å². The van der Waals surface area contributed by atoms with E-state index in [1.54, 1.807) is 6.92 Å². The minimum atomic E-state index is -2.88. The molecule has 17 heavy (non-hydrogen) atoms. The van der Waals surface area contributed by atoms with Gasteiger partial charge in [-0.15, -0.1) is 0 Å². The molecule has 0 N–H and O–H groups in total. The van der Waals surface area contributed by atoms with Crippen molar-refractivity contribution in [1.29, 1.82) is 5.26 Å². The van der Waals surface area contributed by atoms with Gasteiger partial charge in [0, 0.05) is 6.20 Å². The fourth-order valence-corrected chi connectivity index (χ4v) is 1.40. The number of esters is 1. The second kappa shape index (κ2) is 5.55. The summed E-state index contributed by atoms with van der Waals surface area (Å²) >= 11 is 5.67. The number of carbonyl (C=O) groups excluding carboxylic acids is 1. The van der Waals surface area contributed by atoms with E-state index >= 15 is 0 Å². The molecule has 0 atom stereocenters. The Morgan fingerprint density at radius 1 is 1.71 bits per heavy atom. The SMILES string of the molecule is CCOC(=O)c1ncc(C(F)F)c(C#N)c1Cl. The van der Waals surface area contributed by atoms with Crippen LogP contribution in [0.4, 0.5) is 8.78 Å². The number of nitriles is 1. The Kier molecular flexibility index (Phi) is 4.35. The number of hydrogen-bond donors (Lipinski definition) is 0. The Bertz CT molecular complexity index is 486. The standard InChI is InChI=1S/C10H7ClF2N2O2/c1-2-17-10(16)8-7(11)5(3-14)6(4-15-8)9(12)13/h4,9H,2H2,1H3. The molecule has 0 radical (unpaired) electrons. The van der Waals surface area contributed by atoms with E-state index in [4.69, 9.17) is 16.9 Å². The van der Waals surface area contributed by atoms with Crippen molar-refractivity contribution in [1.82, 2.24) is 4.98 Å². The van der Waals surface area contributed by atoms with Gasteiger partial charge in [-0.3, -0.25) is 0 Å². The molecule has 0 aliphatic carbocycles. The van der Waals surface area contributed by atoms with Crippen molar-refractivity contribution in [3.63, 3.8) is 0 Å².